The largest absolute Gasteiger partial charge is 0.392 e. The second-order valence-electron chi connectivity index (χ2n) is 12.1. The van der Waals surface area contributed by atoms with Gasteiger partial charge in [-0.2, -0.15) is 5.10 Å². The fourth-order valence-corrected chi connectivity index (χ4v) is 6.61. The average Bonchev–Trinajstić information content (AvgIpc) is 3.74. The van der Waals surface area contributed by atoms with Gasteiger partial charge in [-0.05, 0) is 73.7 Å². The standard InChI is InChI=1S/C34H37N9O3/c1-46-34(33(45)39-26-4-5-28-27(19-26)31(41-40-28)24-7-14-35-15-8-24)11-18-42(22-34)21-29(44)23-9-16-43(17-10-23)30-6-3-25(20-38-30)32-36-12-2-13-37-32/h2-8,12-15,19-20,23,29,44H,9-11,16-18,21-22H2,1H3,(H,39,45)(H,40,41)/t29?,34-/m0/s1. The Bertz CT molecular complexity index is 1780. The first-order chi connectivity index (χ1) is 22.5. The fraction of sp³-hybridized carbons (Fsp3) is 0.353. The monoisotopic (exact) mass is 619 g/mol. The van der Waals surface area contributed by atoms with E-state index < -0.39 is 11.7 Å². The number of benzene rings is 1. The second-order valence-corrected chi connectivity index (χ2v) is 12.1. The van der Waals surface area contributed by atoms with Crippen molar-refractivity contribution >= 4 is 28.3 Å². The van der Waals surface area contributed by atoms with Gasteiger partial charge >= 0.3 is 0 Å². The van der Waals surface area contributed by atoms with E-state index in [1.54, 1.807) is 38.0 Å². The maximum Gasteiger partial charge on any atom is 0.258 e. The lowest BCUT2D eigenvalue weighted by Crippen LogP contribution is -2.48. The molecule has 1 aromatic carbocycles. The van der Waals surface area contributed by atoms with Crippen molar-refractivity contribution in [3.05, 3.63) is 79.5 Å². The molecule has 1 unspecified atom stereocenters. The van der Waals surface area contributed by atoms with Gasteiger partial charge in [-0.3, -0.25) is 19.8 Å². The molecule has 2 atom stereocenters. The number of carbonyl (C=O) groups is 1. The molecule has 12 nitrogen and oxygen atoms in total. The summed E-state index contributed by atoms with van der Waals surface area (Å²) in [6.45, 7) is 3.24. The molecular weight excluding hydrogens is 582 g/mol. The number of aromatic amines is 1. The summed E-state index contributed by atoms with van der Waals surface area (Å²) in [6.07, 6.45) is 10.5. The summed E-state index contributed by atoms with van der Waals surface area (Å²) < 4.78 is 5.87. The van der Waals surface area contributed by atoms with Crippen molar-refractivity contribution in [2.75, 3.05) is 50.1 Å². The van der Waals surface area contributed by atoms with E-state index in [9.17, 15) is 9.90 Å². The number of nitrogens with zero attached hydrogens (tertiary/aromatic N) is 7. The lowest BCUT2D eigenvalue weighted by molar-refractivity contribution is -0.136. The van der Waals surface area contributed by atoms with E-state index in [0.717, 1.165) is 59.5 Å². The van der Waals surface area contributed by atoms with Gasteiger partial charge in [-0.1, -0.05) is 0 Å². The number of pyridine rings is 2. The van der Waals surface area contributed by atoms with Crippen LogP contribution in [0, 0.1) is 5.92 Å². The van der Waals surface area contributed by atoms with Gasteiger partial charge in [0.2, 0.25) is 0 Å². The van der Waals surface area contributed by atoms with Crippen molar-refractivity contribution in [1.82, 2.24) is 35.0 Å². The Balaban J connectivity index is 0.935. The summed E-state index contributed by atoms with van der Waals surface area (Å²) >= 11 is 0. The molecule has 0 aliphatic carbocycles. The summed E-state index contributed by atoms with van der Waals surface area (Å²) in [5.41, 5.74) is 3.19. The van der Waals surface area contributed by atoms with E-state index in [-0.39, 0.29) is 11.8 Å². The number of methoxy groups -OCH3 is 1. The zero-order valence-corrected chi connectivity index (χ0v) is 25.7. The normalized spacial score (nSPS) is 19.8. The quantitative estimate of drug-likeness (QED) is 0.223. The highest BCUT2D eigenvalue weighted by molar-refractivity contribution is 6.01. The molecule has 2 saturated heterocycles. The molecule has 236 valence electrons. The van der Waals surface area contributed by atoms with Crippen LogP contribution in [-0.4, -0.2) is 97.6 Å². The number of H-pyrrole nitrogens is 1. The van der Waals surface area contributed by atoms with Crippen LogP contribution >= 0.6 is 0 Å². The van der Waals surface area contributed by atoms with Crippen LogP contribution in [0.3, 0.4) is 0 Å². The molecule has 5 aromatic rings. The number of β-amino-alcohol motifs (C(OH)–C–C–N with tert-alkyl or cyclic N) is 1. The zero-order chi connectivity index (χ0) is 31.5. The molecule has 0 radical (unpaired) electrons. The number of aliphatic hydroxyl groups is 1. The Morgan fingerprint density at radius 3 is 2.59 bits per heavy atom. The maximum absolute atomic E-state index is 13.6. The summed E-state index contributed by atoms with van der Waals surface area (Å²) in [7, 11) is 1.59. The van der Waals surface area contributed by atoms with Gasteiger partial charge < -0.3 is 20.1 Å². The van der Waals surface area contributed by atoms with Crippen LogP contribution in [0.4, 0.5) is 11.5 Å². The molecule has 4 aromatic heterocycles. The SMILES string of the molecule is CO[C@@]1(C(=O)Nc2ccc3[nH]nc(-c4ccncc4)c3c2)CCN(CC(O)C2CCN(c3ccc(-c4ncccn4)cn3)CC2)C1. The number of hydrogen-bond acceptors (Lipinski definition) is 10. The molecule has 46 heavy (non-hydrogen) atoms. The molecule has 7 rings (SSSR count). The number of aromatic nitrogens is 6. The van der Waals surface area contributed by atoms with Crippen LogP contribution in [-0.2, 0) is 9.53 Å². The fourth-order valence-electron chi connectivity index (χ4n) is 6.61. The van der Waals surface area contributed by atoms with E-state index in [1.165, 1.54) is 0 Å². The predicted octanol–water partition coefficient (Wildman–Crippen LogP) is 3.78. The van der Waals surface area contributed by atoms with Crippen molar-refractivity contribution in [3.63, 3.8) is 0 Å². The molecule has 1 amide bonds. The molecule has 2 aliphatic rings. The number of nitrogens with one attached hydrogen (secondary N) is 2. The lowest BCUT2D eigenvalue weighted by Gasteiger charge is -2.36. The highest BCUT2D eigenvalue weighted by atomic mass is 16.5. The Labute approximate surface area is 266 Å². The Morgan fingerprint density at radius 2 is 1.85 bits per heavy atom. The van der Waals surface area contributed by atoms with Crippen molar-refractivity contribution in [3.8, 4) is 22.6 Å². The molecule has 2 fully saturated rings. The first kappa shape index (κ1) is 29.9. The van der Waals surface area contributed by atoms with Crippen molar-refractivity contribution in [1.29, 1.82) is 0 Å². The van der Waals surface area contributed by atoms with Crippen molar-refractivity contribution in [2.45, 2.75) is 31.0 Å². The third kappa shape index (κ3) is 6.06. The molecule has 3 N–H and O–H groups in total. The van der Waals surface area contributed by atoms with Gasteiger partial charge in [0.1, 0.15) is 11.5 Å². The van der Waals surface area contributed by atoms with Crippen molar-refractivity contribution < 1.29 is 14.6 Å². The van der Waals surface area contributed by atoms with Crippen molar-refractivity contribution in [2.24, 2.45) is 5.92 Å². The Morgan fingerprint density at radius 1 is 1.04 bits per heavy atom. The minimum absolute atomic E-state index is 0.177. The van der Waals surface area contributed by atoms with Gasteiger partial charge in [-0.15, -0.1) is 0 Å². The maximum atomic E-state index is 13.6. The van der Waals surface area contributed by atoms with E-state index in [0.29, 0.717) is 37.6 Å². The van der Waals surface area contributed by atoms with Crippen LogP contribution in [0.1, 0.15) is 19.3 Å². The Hall–Kier alpha value is -4.78. The lowest BCUT2D eigenvalue weighted by atomic mass is 9.91. The van der Waals surface area contributed by atoms with Gasteiger partial charge in [0, 0.05) is 93.0 Å². The van der Waals surface area contributed by atoms with E-state index in [1.807, 2.05) is 48.7 Å². The molecule has 0 saturated carbocycles. The van der Waals surface area contributed by atoms with Crippen LogP contribution in [0.25, 0.3) is 33.5 Å². The number of amides is 1. The third-order valence-electron chi connectivity index (χ3n) is 9.31. The number of piperidine rings is 1. The van der Waals surface area contributed by atoms with Crippen LogP contribution in [0.15, 0.2) is 79.5 Å². The first-order valence-corrected chi connectivity index (χ1v) is 15.7. The van der Waals surface area contributed by atoms with E-state index >= 15 is 0 Å². The molecule has 6 heterocycles. The average molecular weight is 620 g/mol. The molecule has 12 heteroatoms. The number of ether oxygens (including phenoxy) is 1. The minimum atomic E-state index is -0.995. The van der Waals surface area contributed by atoms with E-state index in [2.05, 4.69) is 45.2 Å². The Kier molecular flexibility index (Phi) is 8.39. The number of rotatable bonds is 9. The summed E-state index contributed by atoms with van der Waals surface area (Å²) in [5, 5.41) is 22.8. The van der Waals surface area contributed by atoms with Gasteiger partial charge in [0.25, 0.3) is 5.91 Å². The number of fused-ring (bicyclic) bond motifs is 1. The molecular formula is C34H37N9O3. The summed E-state index contributed by atoms with van der Waals surface area (Å²) in [4.78, 5) is 35.4. The van der Waals surface area contributed by atoms with Crippen LogP contribution in [0.2, 0.25) is 0 Å². The van der Waals surface area contributed by atoms with Crippen LogP contribution in [0.5, 0.6) is 0 Å². The number of likely N-dealkylation sites (tertiary alicyclic amines) is 1. The van der Waals surface area contributed by atoms with E-state index in [4.69, 9.17) is 4.74 Å². The number of anilines is 2. The molecule has 0 spiro atoms. The smallest absolute Gasteiger partial charge is 0.258 e. The topological polar surface area (TPSA) is 145 Å². The molecule has 0 bridgehead atoms. The van der Waals surface area contributed by atoms with Crippen LogP contribution < -0.4 is 10.2 Å². The second kappa shape index (κ2) is 12.9. The predicted molar refractivity (Wildman–Crippen MR) is 175 cm³/mol. The van der Waals surface area contributed by atoms with Gasteiger partial charge in [-0.25, -0.2) is 15.0 Å². The zero-order valence-electron chi connectivity index (χ0n) is 25.7. The van der Waals surface area contributed by atoms with Gasteiger partial charge in [0.05, 0.1) is 11.6 Å². The number of hydrogen-bond donors (Lipinski definition) is 3. The highest BCUT2D eigenvalue weighted by Crippen LogP contribution is 2.32. The third-order valence-corrected chi connectivity index (χ3v) is 9.31. The number of carbonyl (C=O) groups excluding carboxylic acids is 1. The number of aliphatic hydroxyl groups excluding tert-OH is 1. The van der Waals surface area contributed by atoms with Gasteiger partial charge in [0.15, 0.2) is 11.4 Å². The summed E-state index contributed by atoms with van der Waals surface area (Å²) in [6, 6.07) is 15.3. The molecule has 2 aliphatic heterocycles. The highest BCUT2D eigenvalue weighted by Gasteiger charge is 2.45. The summed E-state index contributed by atoms with van der Waals surface area (Å²) in [5.74, 6) is 1.57. The first-order valence-electron chi connectivity index (χ1n) is 15.7. The minimum Gasteiger partial charge on any atom is -0.392 e.